The van der Waals surface area contributed by atoms with Crippen LogP contribution in [0.4, 0.5) is 4.39 Å². The van der Waals surface area contributed by atoms with E-state index in [-0.39, 0.29) is 23.3 Å². The molecule has 1 N–H and O–H groups in total. The molecule has 4 rings (SSSR count). The van der Waals surface area contributed by atoms with Gasteiger partial charge in [-0.05, 0) is 24.6 Å². The molecular formula is C20H19FN4O2. The quantitative estimate of drug-likeness (QED) is 0.774. The van der Waals surface area contributed by atoms with Crippen molar-refractivity contribution in [3.05, 3.63) is 77.1 Å². The number of nitrogens with zero attached hydrogens (tertiary/aromatic N) is 4. The first-order chi connectivity index (χ1) is 13.0. The van der Waals surface area contributed by atoms with Gasteiger partial charge in [0.1, 0.15) is 17.4 Å². The van der Waals surface area contributed by atoms with E-state index in [0.29, 0.717) is 25.3 Å². The molecule has 0 fully saturated rings. The number of aromatic hydroxyl groups is 1. The van der Waals surface area contributed by atoms with Gasteiger partial charge in [0.25, 0.3) is 5.91 Å². The molecule has 2 aromatic carbocycles. The molecular weight excluding hydrogens is 347 g/mol. The molecule has 0 saturated heterocycles. The summed E-state index contributed by atoms with van der Waals surface area (Å²) in [5.41, 5.74) is 1.23. The molecule has 1 aromatic heterocycles. The second kappa shape index (κ2) is 6.83. The fourth-order valence-corrected chi connectivity index (χ4v) is 3.52. The highest BCUT2D eigenvalue weighted by atomic mass is 19.1. The Morgan fingerprint density at radius 3 is 2.74 bits per heavy atom. The number of hydrogen-bond acceptors (Lipinski definition) is 4. The summed E-state index contributed by atoms with van der Waals surface area (Å²) < 4.78 is 15.3. The van der Waals surface area contributed by atoms with Crippen LogP contribution in [-0.2, 0) is 13.0 Å². The van der Waals surface area contributed by atoms with Gasteiger partial charge in [-0.15, -0.1) is 10.2 Å². The van der Waals surface area contributed by atoms with E-state index in [1.807, 2.05) is 37.3 Å². The third-order valence-corrected chi connectivity index (χ3v) is 4.78. The predicted molar refractivity (Wildman–Crippen MR) is 96.8 cm³/mol. The smallest absolute Gasteiger partial charge is 0.258 e. The first kappa shape index (κ1) is 17.2. The van der Waals surface area contributed by atoms with E-state index < -0.39 is 5.82 Å². The molecule has 0 spiro atoms. The van der Waals surface area contributed by atoms with Gasteiger partial charge in [0.2, 0.25) is 0 Å². The minimum Gasteiger partial charge on any atom is -0.507 e. The van der Waals surface area contributed by atoms with Gasteiger partial charge >= 0.3 is 0 Å². The van der Waals surface area contributed by atoms with E-state index in [0.717, 1.165) is 17.5 Å². The number of rotatable bonds is 3. The van der Waals surface area contributed by atoms with E-state index in [1.165, 1.54) is 12.1 Å². The summed E-state index contributed by atoms with van der Waals surface area (Å²) in [6, 6.07) is 13.4. The van der Waals surface area contributed by atoms with Crippen molar-refractivity contribution in [2.45, 2.75) is 25.9 Å². The molecule has 1 aliphatic rings. The van der Waals surface area contributed by atoms with Crippen LogP contribution in [0.2, 0.25) is 0 Å². The number of aromatic nitrogens is 3. The van der Waals surface area contributed by atoms with Crippen molar-refractivity contribution in [2.75, 3.05) is 6.54 Å². The molecule has 0 unspecified atom stereocenters. The molecule has 7 heteroatoms. The minimum absolute atomic E-state index is 0.00555. The summed E-state index contributed by atoms with van der Waals surface area (Å²) in [5.74, 6) is 0.277. The van der Waals surface area contributed by atoms with Crippen LogP contribution < -0.4 is 0 Å². The van der Waals surface area contributed by atoms with Crippen molar-refractivity contribution >= 4 is 5.91 Å². The molecule has 0 saturated carbocycles. The second-order valence-electron chi connectivity index (χ2n) is 6.76. The van der Waals surface area contributed by atoms with Crippen molar-refractivity contribution in [2.24, 2.45) is 0 Å². The second-order valence-corrected chi connectivity index (χ2v) is 6.76. The van der Waals surface area contributed by atoms with E-state index in [9.17, 15) is 14.3 Å². The van der Waals surface area contributed by atoms with Crippen LogP contribution in [0.5, 0.6) is 5.75 Å². The van der Waals surface area contributed by atoms with E-state index >= 15 is 0 Å². The summed E-state index contributed by atoms with van der Waals surface area (Å²) >= 11 is 0. The van der Waals surface area contributed by atoms with Gasteiger partial charge in [0.15, 0.2) is 5.82 Å². The molecule has 138 valence electrons. The number of fused-ring (bicyclic) bond motifs is 1. The predicted octanol–water partition coefficient (Wildman–Crippen LogP) is 2.93. The van der Waals surface area contributed by atoms with Crippen molar-refractivity contribution in [3.63, 3.8) is 0 Å². The van der Waals surface area contributed by atoms with Crippen LogP contribution in [0.25, 0.3) is 0 Å². The fourth-order valence-electron chi connectivity index (χ4n) is 3.52. The molecule has 1 atom stereocenters. The summed E-state index contributed by atoms with van der Waals surface area (Å²) in [7, 11) is 0. The number of carbonyl (C=O) groups excluding carboxylic acids is 1. The highest BCUT2D eigenvalue weighted by Crippen LogP contribution is 2.26. The first-order valence-corrected chi connectivity index (χ1v) is 8.77. The standard InChI is InChI=1S/C20H19FN4O2/c1-13-11-24(20(27)16-8-7-15(21)10-17(16)26)12-19-23-22-18(25(13)19)9-14-5-3-2-4-6-14/h2-8,10,13,26H,9,11-12H2,1H3/t13-/m0/s1. The maximum Gasteiger partial charge on any atom is 0.258 e. The maximum absolute atomic E-state index is 13.2. The van der Waals surface area contributed by atoms with Crippen LogP contribution in [0, 0.1) is 5.82 Å². The normalized spacial score (nSPS) is 16.2. The lowest BCUT2D eigenvalue weighted by molar-refractivity contribution is 0.0676. The lowest BCUT2D eigenvalue weighted by Gasteiger charge is -2.32. The molecule has 2 heterocycles. The molecule has 1 aliphatic heterocycles. The van der Waals surface area contributed by atoms with E-state index in [4.69, 9.17) is 0 Å². The Hall–Kier alpha value is -3.22. The first-order valence-electron chi connectivity index (χ1n) is 8.77. The Balaban J connectivity index is 1.58. The Morgan fingerprint density at radius 2 is 2.00 bits per heavy atom. The van der Waals surface area contributed by atoms with Gasteiger partial charge < -0.3 is 14.6 Å². The largest absolute Gasteiger partial charge is 0.507 e. The van der Waals surface area contributed by atoms with Gasteiger partial charge in [0.05, 0.1) is 18.2 Å². The molecule has 27 heavy (non-hydrogen) atoms. The van der Waals surface area contributed by atoms with Gasteiger partial charge in [0, 0.05) is 19.0 Å². The van der Waals surface area contributed by atoms with Crippen molar-refractivity contribution in [1.29, 1.82) is 0 Å². The highest BCUT2D eigenvalue weighted by Gasteiger charge is 2.30. The highest BCUT2D eigenvalue weighted by molar-refractivity contribution is 5.96. The van der Waals surface area contributed by atoms with Gasteiger partial charge in [-0.2, -0.15) is 0 Å². The Labute approximate surface area is 155 Å². The van der Waals surface area contributed by atoms with E-state index in [1.54, 1.807) is 4.90 Å². The third-order valence-electron chi connectivity index (χ3n) is 4.78. The van der Waals surface area contributed by atoms with Gasteiger partial charge in [-0.3, -0.25) is 4.79 Å². The summed E-state index contributed by atoms with van der Waals surface area (Å²) in [4.78, 5) is 14.4. The van der Waals surface area contributed by atoms with Gasteiger partial charge in [-0.1, -0.05) is 30.3 Å². The third kappa shape index (κ3) is 3.28. The number of halogens is 1. The number of phenolic OH excluding ortho intramolecular Hbond substituents is 1. The van der Waals surface area contributed by atoms with Crippen LogP contribution >= 0.6 is 0 Å². The van der Waals surface area contributed by atoms with Crippen LogP contribution in [0.3, 0.4) is 0 Å². The minimum atomic E-state index is -0.582. The summed E-state index contributed by atoms with van der Waals surface area (Å²) in [6.45, 7) is 2.76. The van der Waals surface area contributed by atoms with Gasteiger partial charge in [-0.25, -0.2) is 4.39 Å². The SMILES string of the molecule is C[C@H]1CN(C(=O)c2ccc(F)cc2O)Cc2nnc(Cc3ccccc3)n21. The van der Waals surface area contributed by atoms with Crippen molar-refractivity contribution in [3.8, 4) is 5.75 Å². The zero-order valence-corrected chi connectivity index (χ0v) is 14.8. The number of carbonyl (C=O) groups is 1. The average Bonchev–Trinajstić information content (AvgIpc) is 3.05. The Morgan fingerprint density at radius 1 is 1.22 bits per heavy atom. The molecule has 0 radical (unpaired) electrons. The van der Waals surface area contributed by atoms with Crippen LogP contribution in [0.15, 0.2) is 48.5 Å². The summed E-state index contributed by atoms with van der Waals surface area (Å²) in [6.07, 6.45) is 0.672. The lowest BCUT2D eigenvalue weighted by Crippen LogP contribution is -2.40. The maximum atomic E-state index is 13.2. The van der Waals surface area contributed by atoms with E-state index in [2.05, 4.69) is 14.8 Å². The van der Waals surface area contributed by atoms with Crippen molar-refractivity contribution < 1.29 is 14.3 Å². The molecule has 3 aromatic rings. The number of benzene rings is 2. The summed E-state index contributed by atoms with van der Waals surface area (Å²) in [5, 5.41) is 18.5. The zero-order valence-electron chi connectivity index (χ0n) is 14.8. The molecule has 0 aliphatic carbocycles. The average molecular weight is 366 g/mol. The zero-order chi connectivity index (χ0) is 19.0. The van der Waals surface area contributed by atoms with Crippen LogP contribution in [-0.4, -0.2) is 37.2 Å². The molecule has 0 bridgehead atoms. The van der Waals surface area contributed by atoms with Crippen LogP contribution in [0.1, 0.15) is 40.5 Å². The number of amides is 1. The fraction of sp³-hybridized carbons (Fsp3) is 0.250. The monoisotopic (exact) mass is 366 g/mol. The number of phenols is 1. The topological polar surface area (TPSA) is 71.2 Å². The van der Waals surface area contributed by atoms with Crippen molar-refractivity contribution in [1.82, 2.24) is 19.7 Å². The molecule has 6 nitrogen and oxygen atoms in total. The Bertz CT molecular complexity index is 987. The Kier molecular flexibility index (Phi) is 4.35. The molecule has 1 amide bonds. The lowest BCUT2D eigenvalue weighted by atomic mass is 10.1. The number of hydrogen-bond donors (Lipinski definition) is 1.